The third-order valence-electron chi connectivity index (χ3n) is 4.65. The zero-order chi connectivity index (χ0) is 21.6. The Balaban J connectivity index is 1.49. The van der Waals surface area contributed by atoms with E-state index in [1.165, 1.54) is 12.3 Å². The number of nitrogens with one attached hydrogen (secondary N) is 1. The van der Waals surface area contributed by atoms with Crippen molar-refractivity contribution in [1.29, 1.82) is 0 Å². The molecule has 0 radical (unpaired) electrons. The number of hydrogen-bond acceptors (Lipinski definition) is 5. The Morgan fingerprint density at radius 2 is 1.90 bits per heavy atom. The molecule has 1 aromatic heterocycles. The molecule has 7 nitrogen and oxygen atoms in total. The van der Waals surface area contributed by atoms with E-state index in [-0.39, 0.29) is 11.6 Å². The number of para-hydroxylation sites is 2. The third kappa shape index (κ3) is 5.91. The number of aliphatic imine (C=N–C) groups is 1. The number of phenolic OH excluding ortho intramolecular Hbond substituents is 1. The summed E-state index contributed by atoms with van der Waals surface area (Å²) >= 11 is 0. The zero-order valence-electron chi connectivity index (χ0n) is 16.6. The fraction of sp³-hybridized carbons (Fsp3) is 0.400. The summed E-state index contributed by atoms with van der Waals surface area (Å²) in [6, 6.07) is 10.3. The Hall–Kier alpha value is -3.17. The van der Waals surface area contributed by atoms with Gasteiger partial charge in [-0.2, -0.15) is 13.2 Å². The third-order valence-corrected chi connectivity index (χ3v) is 4.65. The number of aromatic nitrogens is 1. The lowest BCUT2D eigenvalue weighted by Gasteiger charge is -2.37. The van der Waals surface area contributed by atoms with Crippen LogP contribution in [0.15, 0.2) is 47.6 Å². The maximum absolute atomic E-state index is 12.2. The number of piperazine rings is 1. The van der Waals surface area contributed by atoms with Gasteiger partial charge in [-0.05, 0) is 17.7 Å². The van der Waals surface area contributed by atoms with Crippen molar-refractivity contribution in [2.24, 2.45) is 4.99 Å². The first kappa shape index (κ1) is 21.5. The molecule has 2 heterocycles. The number of alkyl halides is 3. The molecule has 162 valence electrons. The fourth-order valence-electron chi connectivity index (χ4n) is 3.16. The van der Waals surface area contributed by atoms with Crippen molar-refractivity contribution >= 4 is 11.6 Å². The smallest absolute Gasteiger partial charge is 0.422 e. The summed E-state index contributed by atoms with van der Waals surface area (Å²) in [5.74, 6) is 0.925. The normalized spacial score (nSPS) is 15.3. The van der Waals surface area contributed by atoms with Crippen LogP contribution in [0.5, 0.6) is 11.6 Å². The highest BCUT2D eigenvalue weighted by atomic mass is 19.4. The van der Waals surface area contributed by atoms with Gasteiger partial charge in [0, 0.05) is 52.0 Å². The molecule has 0 spiro atoms. The number of nitrogens with zero attached hydrogens (tertiary/aromatic N) is 4. The van der Waals surface area contributed by atoms with Gasteiger partial charge in [-0.15, -0.1) is 0 Å². The predicted octanol–water partition coefficient (Wildman–Crippen LogP) is 2.63. The zero-order valence-corrected chi connectivity index (χ0v) is 16.6. The van der Waals surface area contributed by atoms with Gasteiger partial charge in [-0.1, -0.05) is 18.2 Å². The van der Waals surface area contributed by atoms with Crippen LogP contribution in [-0.2, 0) is 6.54 Å². The van der Waals surface area contributed by atoms with E-state index in [4.69, 9.17) is 0 Å². The molecule has 2 N–H and O–H groups in total. The summed E-state index contributed by atoms with van der Waals surface area (Å²) < 4.78 is 41.2. The molecule has 0 amide bonds. The van der Waals surface area contributed by atoms with Crippen LogP contribution in [0, 0.1) is 0 Å². The monoisotopic (exact) mass is 423 g/mol. The molecule has 0 bridgehead atoms. The van der Waals surface area contributed by atoms with Crippen LogP contribution < -0.4 is 15.0 Å². The Bertz CT molecular complexity index is 850. The molecule has 10 heteroatoms. The molecule has 1 aliphatic rings. The highest BCUT2D eigenvalue weighted by molar-refractivity contribution is 5.80. The molecule has 1 fully saturated rings. The first-order chi connectivity index (χ1) is 14.4. The molecule has 1 saturated heterocycles. The van der Waals surface area contributed by atoms with Crippen LogP contribution in [-0.4, -0.2) is 67.0 Å². The van der Waals surface area contributed by atoms with Crippen LogP contribution >= 0.6 is 0 Å². The highest BCUT2D eigenvalue weighted by Crippen LogP contribution is 2.27. The fourth-order valence-corrected chi connectivity index (χ4v) is 3.16. The minimum absolute atomic E-state index is 0.0688. The number of phenols is 1. The second-order valence-corrected chi connectivity index (χ2v) is 6.77. The summed E-state index contributed by atoms with van der Waals surface area (Å²) in [5, 5.41) is 13.3. The van der Waals surface area contributed by atoms with Gasteiger partial charge in [-0.3, -0.25) is 4.99 Å². The van der Waals surface area contributed by atoms with Crippen LogP contribution in [0.4, 0.5) is 18.9 Å². The summed E-state index contributed by atoms with van der Waals surface area (Å²) in [5.41, 5.74) is 1.61. The Morgan fingerprint density at radius 1 is 1.17 bits per heavy atom. The molecule has 1 aliphatic heterocycles. The Morgan fingerprint density at radius 3 is 2.50 bits per heavy atom. The summed E-state index contributed by atoms with van der Waals surface area (Å²) in [7, 11) is 1.70. The number of rotatable bonds is 5. The number of anilines is 1. The lowest BCUT2D eigenvalue weighted by Crippen LogP contribution is -2.52. The van der Waals surface area contributed by atoms with E-state index >= 15 is 0 Å². The topological polar surface area (TPSA) is 73.2 Å². The van der Waals surface area contributed by atoms with Crippen molar-refractivity contribution in [2.75, 3.05) is 44.7 Å². The van der Waals surface area contributed by atoms with E-state index in [2.05, 4.69) is 29.8 Å². The molecular formula is C20H24F3N5O2. The minimum atomic E-state index is -4.39. The standard InChI is InChI=1S/C20H24F3N5O2/c1-24-19(26-13-15-6-7-18(25-12-15)30-14-20(21,22)23)28-10-8-27(9-11-28)16-4-2-3-5-17(16)29/h2-7,12,29H,8-11,13-14H2,1H3,(H,24,26). The molecule has 0 unspecified atom stereocenters. The Kier molecular flexibility index (Phi) is 6.86. The molecule has 0 aliphatic carbocycles. The molecule has 2 aromatic rings. The van der Waals surface area contributed by atoms with Crippen LogP contribution in [0.3, 0.4) is 0 Å². The van der Waals surface area contributed by atoms with Crippen LogP contribution in [0.2, 0.25) is 0 Å². The van der Waals surface area contributed by atoms with Crippen LogP contribution in [0.25, 0.3) is 0 Å². The summed E-state index contributed by atoms with van der Waals surface area (Å²) in [6.45, 7) is 2.01. The highest BCUT2D eigenvalue weighted by Gasteiger charge is 2.28. The maximum atomic E-state index is 12.2. The summed E-state index contributed by atoms with van der Waals surface area (Å²) in [4.78, 5) is 12.5. The summed E-state index contributed by atoms with van der Waals surface area (Å²) in [6.07, 6.45) is -2.92. The first-order valence-electron chi connectivity index (χ1n) is 9.49. The Labute approximate surface area is 172 Å². The van der Waals surface area contributed by atoms with Crippen LogP contribution in [0.1, 0.15) is 5.56 Å². The molecule has 3 rings (SSSR count). The molecular weight excluding hydrogens is 399 g/mol. The molecule has 0 atom stereocenters. The number of aromatic hydroxyl groups is 1. The average Bonchev–Trinajstić information content (AvgIpc) is 2.74. The first-order valence-corrected chi connectivity index (χ1v) is 9.49. The van der Waals surface area contributed by atoms with Gasteiger partial charge in [0.15, 0.2) is 12.6 Å². The number of hydrogen-bond donors (Lipinski definition) is 2. The van der Waals surface area contributed by atoms with Crippen molar-refractivity contribution in [3.8, 4) is 11.6 Å². The maximum Gasteiger partial charge on any atom is 0.422 e. The van der Waals surface area contributed by atoms with Crippen molar-refractivity contribution in [2.45, 2.75) is 12.7 Å². The van der Waals surface area contributed by atoms with Gasteiger partial charge in [0.2, 0.25) is 5.88 Å². The van der Waals surface area contributed by atoms with E-state index in [1.54, 1.807) is 25.2 Å². The minimum Gasteiger partial charge on any atom is -0.506 e. The van der Waals surface area contributed by atoms with Crippen molar-refractivity contribution < 1.29 is 23.0 Å². The van der Waals surface area contributed by atoms with E-state index < -0.39 is 12.8 Å². The van der Waals surface area contributed by atoms with Crippen molar-refractivity contribution in [3.63, 3.8) is 0 Å². The van der Waals surface area contributed by atoms with E-state index in [0.717, 1.165) is 43.4 Å². The number of benzene rings is 1. The molecule has 1 aromatic carbocycles. The number of pyridine rings is 1. The number of guanidine groups is 1. The quantitative estimate of drug-likeness (QED) is 0.569. The predicted molar refractivity (Wildman–Crippen MR) is 108 cm³/mol. The number of ether oxygens (including phenoxy) is 1. The van der Waals surface area contributed by atoms with Gasteiger partial charge in [0.25, 0.3) is 0 Å². The second-order valence-electron chi connectivity index (χ2n) is 6.77. The average molecular weight is 423 g/mol. The SMILES string of the molecule is CN=C(NCc1ccc(OCC(F)(F)F)nc1)N1CCN(c2ccccc2O)CC1. The van der Waals surface area contributed by atoms with E-state index in [1.807, 2.05) is 12.1 Å². The van der Waals surface area contributed by atoms with Gasteiger partial charge in [0.05, 0.1) is 5.69 Å². The van der Waals surface area contributed by atoms with Gasteiger partial charge >= 0.3 is 6.18 Å². The second kappa shape index (κ2) is 9.55. The largest absolute Gasteiger partial charge is 0.506 e. The lowest BCUT2D eigenvalue weighted by molar-refractivity contribution is -0.154. The molecule has 30 heavy (non-hydrogen) atoms. The van der Waals surface area contributed by atoms with E-state index in [9.17, 15) is 18.3 Å². The number of halogens is 3. The van der Waals surface area contributed by atoms with E-state index in [0.29, 0.717) is 6.54 Å². The van der Waals surface area contributed by atoms with Gasteiger partial charge in [-0.25, -0.2) is 4.98 Å². The van der Waals surface area contributed by atoms with Crippen molar-refractivity contribution in [1.82, 2.24) is 15.2 Å². The van der Waals surface area contributed by atoms with Gasteiger partial charge in [0.1, 0.15) is 5.75 Å². The van der Waals surface area contributed by atoms with Crippen molar-refractivity contribution in [3.05, 3.63) is 48.2 Å². The lowest BCUT2D eigenvalue weighted by atomic mass is 10.2. The van der Waals surface area contributed by atoms with Gasteiger partial charge < -0.3 is 25.0 Å². The molecule has 0 saturated carbocycles.